The molecule has 0 saturated heterocycles. The number of oxazole rings is 1. The van der Waals surface area contributed by atoms with Crippen molar-refractivity contribution in [3.8, 4) is 11.5 Å². The van der Waals surface area contributed by atoms with E-state index in [1.807, 2.05) is 12.1 Å². The van der Waals surface area contributed by atoms with Gasteiger partial charge in [-0.15, -0.1) is 0 Å². The van der Waals surface area contributed by atoms with Gasteiger partial charge in [-0.2, -0.15) is 18.3 Å². The van der Waals surface area contributed by atoms with Crippen LogP contribution in [0.5, 0.6) is 0 Å². The number of amides is 1. The first kappa shape index (κ1) is 19.8. The third kappa shape index (κ3) is 3.82. The third-order valence-corrected chi connectivity index (χ3v) is 5.68. The Balaban J connectivity index is 1.39. The Kier molecular flexibility index (Phi) is 4.60. The van der Waals surface area contributed by atoms with E-state index in [9.17, 15) is 18.0 Å². The zero-order chi connectivity index (χ0) is 21.8. The summed E-state index contributed by atoms with van der Waals surface area (Å²) in [6.45, 7) is 0. The molecule has 5 rings (SSSR count). The van der Waals surface area contributed by atoms with E-state index in [0.29, 0.717) is 24.0 Å². The summed E-state index contributed by atoms with van der Waals surface area (Å²) in [6.07, 6.45) is 1.51. The van der Waals surface area contributed by atoms with Gasteiger partial charge in [0, 0.05) is 36.5 Å². The Hall–Kier alpha value is -3.17. The van der Waals surface area contributed by atoms with Gasteiger partial charge in [-0.25, -0.2) is 4.98 Å². The van der Waals surface area contributed by atoms with Crippen LogP contribution < -0.4 is 5.32 Å². The number of aryl methyl sites for hydroxylation is 2. The number of pyridine rings is 1. The summed E-state index contributed by atoms with van der Waals surface area (Å²) in [6, 6.07) is 4.11. The number of nitrogens with zero attached hydrogens (tertiary/aromatic N) is 4. The molecule has 162 valence electrons. The van der Waals surface area contributed by atoms with E-state index < -0.39 is 23.8 Å². The van der Waals surface area contributed by atoms with E-state index in [1.54, 1.807) is 6.20 Å². The first-order valence-electron chi connectivity index (χ1n) is 10.2. The molecule has 2 aliphatic rings. The maximum Gasteiger partial charge on any atom is 0.435 e. The van der Waals surface area contributed by atoms with Gasteiger partial charge in [0.05, 0.1) is 11.7 Å². The molecule has 1 N–H and O–H groups in total. The van der Waals surface area contributed by atoms with Crippen molar-refractivity contribution in [2.75, 3.05) is 0 Å². The van der Waals surface area contributed by atoms with Gasteiger partial charge >= 0.3 is 6.18 Å². The van der Waals surface area contributed by atoms with E-state index in [1.165, 1.54) is 7.05 Å². The zero-order valence-electron chi connectivity index (χ0n) is 16.7. The van der Waals surface area contributed by atoms with E-state index in [-0.39, 0.29) is 5.69 Å². The molecule has 2 aliphatic carbocycles. The number of alkyl halides is 3. The molecule has 1 fully saturated rings. The van der Waals surface area contributed by atoms with Crippen LogP contribution in [-0.4, -0.2) is 25.7 Å². The summed E-state index contributed by atoms with van der Waals surface area (Å²) in [5, 5.41) is 6.19. The zero-order valence-corrected chi connectivity index (χ0v) is 16.7. The maximum atomic E-state index is 12.9. The van der Waals surface area contributed by atoms with Crippen molar-refractivity contribution in [3.05, 3.63) is 52.9 Å². The first-order valence-corrected chi connectivity index (χ1v) is 10.2. The molecule has 31 heavy (non-hydrogen) atoms. The molecule has 7 nitrogen and oxygen atoms in total. The van der Waals surface area contributed by atoms with E-state index in [2.05, 4.69) is 20.4 Å². The standard InChI is InChI=1S/C21H20F3N5O2/c1-29-16(10-17(28-29)21(22,23)24)19(30)26-13-3-2-4-14-18(13)31-20(27-14)12-7-8-25-15(9-12)11-5-6-11/h7-11,13H,2-6H2,1H3,(H,26,30). The monoisotopic (exact) mass is 431 g/mol. The van der Waals surface area contributed by atoms with Crippen LogP contribution in [0.1, 0.15) is 71.0 Å². The van der Waals surface area contributed by atoms with Crippen LogP contribution in [0.25, 0.3) is 11.5 Å². The van der Waals surface area contributed by atoms with Crippen LogP contribution in [0.2, 0.25) is 0 Å². The minimum atomic E-state index is -4.61. The molecule has 1 unspecified atom stereocenters. The summed E-state index contributed by atoms with van der Waals surface area (Å²) in [5.41, 5.74) is 1.35. The quantitative estimate of drug-likeness (QED) is 0.670. The van der Waals surface area contributed by atoms with Gasteiger partial charge < -0.3 is 9.73 Å². The SMILES string of the molecule is Cn1nc(C(F)(F)F)cc1C(=O)NC1CCCc2nc(-c3ccnc(C4CC4)c3)oc21. The number of carbonyl (C=O) groups is 1. The van der Waals surface area contributed by atoms with Crippen LogP contribution in [0.3, 0.4) is 0 Å². The van der Waals surface area contributed by atoms with E-state index >= 15 is 0 Å². The second kappa shape index (κ2) is 7.21. The van der Waals surface area contributed by atoms with Crippen LogP contribution >= 0.6 is 0 Å². The smallest absolute Gasteiger partial charge is 0.435 e. The predicted molar refractivity (Wildman–Crippen MR) is 103 cm³/mol. The normalized spacial score (nSPS) is 18.6. The van der Waals surface area contributed by atoms with Crippen molar-refractivity contribution in [1.82, 2.24) is 25.1 Å². The molecule has 1 atom stereocenters. The number of nitrogens with one attached hydrogen (secondary N) is 1. The first-order chi connectivity index (χ1) is 14.8. The molecule has 0 radical (unpaired) electrons. The van der Waals surface area contributed by atoms with E-state index in [4.69, 9.17) is 4.42 Å². The average Bonchev–Trinajstić information content (AvgIpc) is 3.35. The molecular formula is C21H20F3N5O2. The molecule has 0 spiro atoms. The van der Waals surface area contributed by atoms with Crippen molar-refractivity contribution in [1.29, 1.82) is 0 Å². The predicted octanol–water partition coefficient (Wildman–Crippen LogP) is 4.17. The van der Waals surface area contributed by atoms with Crippen molar-refractivity contribution in [3.63, 3.8) is 0 Å². The molecule has 0 aliphatic heterocycles. The van der Waals surface area contributed by atoms with Crippen LogP contribution in [-0.2, 0) is 19.6 Å². The van der Waals surface area contributed by atoms with E-state index in [0.717, 1.165) is 53.4 Å². The Morgan fingerprint density at radius 1 is 1.26 bits per heavy atom. The molecular weight excluding hydrogens is 411 g/mol. The Labute approximate surface area is 175 Å². The molecule has 3 aromatic heterocycles. The fourth-order valence-corrected chi connectivity index (χ4v) is 3.92. The summed E-state index contributed by atoms with van der Waals surface area (Å²) in [5.74, 6) is 0.881. The van der Waals surface area contributed by atoms with Crippen LogP contribution in [0.15, 0.2) is 28.8 Å². The van der Waals surface area contributed by atoms with Gasteiger partial charge in [-0.3, -0.25) is 14.5 Å². The largest absolute Gasteiger partial charge is 0.439 e. The summed E-state index contributed by atoms with van der Waals surface area (Å²) < 4.78 is 45.7. The minimum Gasteiger partial charge on any atom is -0.439 e. The highest BCUT2D eigenvalue weighted by Gasteiger charge is 2.36. The average molecular weight is 431 g/mol. The topological polar surface area (TPSA) is 85.8 Å². The maximum absolute atomic E-state index is 12.9. The minimum absolute atomic E-state index is 0.164. The summed E-state index contributed by atoms with van der Waals surface area (Å²) in [4.78, 5) is 21.7. The Bertz CT molecular complexity index is 1150. The number of halogens is 3. The summed E-state index contributed by atoms with van der Waals surface area (Å²) >= 11 is 0. The molecule has 0 bridgehead atoms. The lowest BCUT2D eigenvalue weighted by Crippen LogP contribution is -2.31. The Morgan fingerprint density at radius 2 is 2.06 bits per heavy atom. The fourth-order valence-electron chi connectivity index (χ4n) is 3.92. The van der Waals surface area contributed by atoms with Crippen molar-refractivity contribution in [2.24, 2.45) is 7.05 Å². The lowest BCUT2D eigenvalue weighted by molar-refractivity contribution is -0.141. The molecule has 3 aromatic rings. The van der Waals surface area contributed by atoms with Crippen LogP contribution in [0, 0.1) is 0 Å². The van der Waals surface area contributed by atoms with Gasteiger partial charge in [0.15, 0.2) is 5.69 Å². The number of fused-ring (bicyclic) bond motifs is 1. The molecule has 1 saturated carbocycles. The molecule has 1 amide bonds. The van der Waals surface area contributed by atoms with Gasteiger partial charge in [-0.05, 0) is 44.2 Å². The van der Waals surface area contributed by atoms with Crippen molar-refractivity contribution >= 4 is 5.91 Å². The lowest BCUT2D eigenvalue weighted by atomic mass is 9.97. The summed E-state index contributed by atoms with van der Waals surface area (Å²) in [7, 11) is 1.31. The highest BCUT2D eigenvalue weighted by Crippen LogP contribution is 2.40. The molecule has 3 heterocycles. The van der Waals surface area contributed by atoms with Crippen LogP contribution in [0.4, 0.5) is 13.2 Å². The molecule has 10 heteroatoms. The highest BCUT2D eigenvalue weighted by atomic mass is 19.4. The second-order valence-corrected chi connectivity index (χ2v) is 8.03. The third-order valence-electron chi connectivity index (χ3n) is 5.68. The van der Waals surface area contributed by atoms with Gasteiger partial charge in [0.2, 0.25) is 5.89 Å². The van der Waals surface area contributed by atoms with Gasteiger partial charge in [0.1, 0.15) is 11.5 Å². The highest BCUT2D eigenvalue weighted by molar-refractivity contribution is 5.93. The lowest BCUT2D eigenvalue weighted by Gasteiger charge is -2.21. The van der Waals surface area contributed by atoms with Gasteiger partial charge in [0.25, 0.3) is 5.91 Å². The molecule has 0 aromatic carbocycles. The van der Waals surface area contributed by atoms with Crippen molar-refractivity contribution < 1.29 is 22.4 Å². The number of hydrogen-bond donors (Lipinski definition) is 1. The number of aromatic nitrogens is 4. The fraction of sp³-hybridized carbons (Fsp3) is 0.429. The number of carbonyl (C=O) groups excluding carboxylic acids is 1. The van der Waals surface area contributed by atoms with Crippen molar-refractivity contribution in [2.45, 2.75) is 50.2 Å². The number of rotatable bonds is 4. The van der Waals surface area contributed by atoms with Gasteiger partial charge in [-0.1, -0.05) is 0 Å². The second-order valence-electron chi connectivity index (χ2n) is 8.03. The number of hydrogen-bond acceptors (Lipinski definition) is 5. The Morgan fingerprint density at radius 3 is 2.77 bits per heavy atom.